The maximum atomic E-state index is 16.1. The molecule has 0 aliphatic carbocycles. The van der Waals surface area contributed by atoms with Crippen molar-refractivity contribution in [3.63, 3.8) is 0 Å². The molecule has 232 valence electrons. The lowest BCUT2D eigenvalue weighted by Gasteiger charge is -2.36. The Kier molecular flexibility index (Phi) is 6.31. The number of aromatic amines is 1. The maximum Gasteiger partial charge on any atom is 0.410 e. The Morgan fingerprint density at radius 2 is 1.76 bits per heavy atom. The number of benzene rings is 2. The number of nitrogens with one attached hydrogen (secondary N) is 1. The number of halogens is 2. The van der Waals surface area contributed by atoms with E-state index in [0.29, 0.717) is 52.2 Å². The molecule has 2 aromatic carbocycles. The number of hydrogen-bond donors (Lipinski definition) is 1. The number of carbonyl (C=O) groups is 1. The van der Waals surface area contributed by atoms with Crippen LogP contribution >= 0.6 is 0 Å². The summed E-state index contributed by atoms with van der Waals surface area (Å²) in [7, 11) is 0. The molecule has 1 amide bonds. The van der Waals surface area contributed by atoms with Crippen molar-refractivity contribution in [2.45, 2.75) is 44.9 Å². The number of aromatic nitrogens is 6. The van der Waals surface area contributed by atoms with Crippen LogP contribution in [-0.2, 0) is 4.74 Å². The highest BCUT2D eigenvalue weighted by Crippen LogP contribution is 2.41. The van der Waals surface area contributed by atoms with E-state index in [1.807, 2.05) is 39.0 Å². The van der Waals surface area contributed by atoms with Gasteiger partial charge in [0, 0.05) is 59.9 Å². The fourth-order valence-electron chi connectivity index (χ4n) is 6.75. The van der Waals surface area contributed by atoms with Gasteiger partial charge in [-0.05, 0) is 75.2 Å². The molecule has 2 fully saturated rings. The Labute approximate surface area is 262 Å². The average molecular weight is 621 g/mol. The number of pyridine rings is 1. The van der Waals surface area contributed by atoms with Crippen LogP contribution in [0.1, 0.15) is 27.2 Å². The highest BCUT2D eigenvalue weighted by Gasteiger charge is 2.46. The molecule has 2 aliphatic heterocycles. The summed E-state index contributed by atoms with van der Waals surface area (Å²) in [6.45, 7) is 6.72. The molecule has 0 unspecified atom stereocenters. The molecule has 0 radical (unpaired) electrons. The van der Waals surface area contributed by atoms with E-state index < -0.39 is 17.2 Å². The first-order valence-corrected chi connectivity index (χ1v) is 15.1. The van der Waals surface area contributed by atoms with E-state index in [9.17, 15) is 9.18 Å². The van der Waals surface area contributed by atoms with Crippen LogP contribution in [-0.4, -0.2) is 71.5 Å². The number of likely N-dealkylation sites (tertiary alicyclic amines) is 1. The summed E-state index contributed by atoms with van der Waals surface area (Å²) in [4.78, 5) is 25.5. The first-order valence-electron chi connectivity index (χ1n) is 15.1. The van der Waals surface area contributed by atoms with Gasteiger partial charge in [-0.3, -0.25) is 10.1 Å². The van der Waals surface area contributed by atoms with Gasteiger partial charge in [-0.1, -0.05) is 6.07 Å². The highest BCUT2D eigenvalue weighted by molar-refractivity contribution is 6.03. The molecule has 6 heterocycles. The van der Waals surface area contributed by atoms with Gasteiger partial charge in [0.25, 0.3) is 0 Å². The number of H-pyrrole nitrogens is 1. The second-order valence-corrected chi connectivity index (χ2v) is 12.8. The van der Waals surface area contributed by atoms with Crippen molar-refractivity contribution < 1.29 is 18.3 Å². The van der Waals surface area contributed by atoms with Crippen LogP contribution in [0.5, 0.6) is 0 Å². The largest absolute Gasteiger partial charge is 0.444 e. The molecule has 2 bridgehead atoms. The SMILES string of the molecule is CC(C)(C)OC(=O)N1C[C@@H]2C[C@H]1CN2c1ccc(-c2ccnc3c(-c4ccc(F)c5[nH]ncc45)c(-c4ccncc4)nn23)c(F)c1. The molecular weight excluding hydrogens is 590 g/mol. The van der Waals surface area contributed by atoms with Crippen LogP contribution in [0.25, 0.3) is 50.2 Å². The Morgan fingerprint density at radius 3 is 2.50 bits per heavy atom. The van der Waals surface area contributed by atoms with E-state index in [0.717, 1.165) is 17.7 Å². The van der Waals surface area contributed by atoms with Crippen molar-refractivity contribution in [2.75, 3.05) is 18.0 Å². The lowest BCUT2D eigenvalue weighted by atomic mass is 9.98. The van der Waals surface area contributed by atoms with Crippen LogP contribution in [0, 0.1) is 11.6 Å². The lowest BCUT2D eigenvalue weighted by Crippen LogP contribution is -2.50. The van der Waals surface area contributed by atoms with Gasteiger partial charge < -0.3 is 14.5 Å². The van der Waals surface area contributed by atoms with Gasteiger partial charge in [-0.15, -0.1) is 0 Å². The molecule has 8 rings (SSSR count). The van der Waals surface area contributed by atoms with Crippen LogP contribution in [0.2, 0.25) is 0 Å². The highest BCUT2D eigenvalue weighted by atomic mass is 19.1. The number of rotatable bonds is 4. The van der Waals surface area contributed by atoms with Crippen molar-refractivity contribution in [1.82, 2.24) is 34.7 Å². The number of hydrogen-bond acceptors (Lipinski definition) is 7. The Balaban J connectivity index is 1.18. The average Bonchev–Trinajstić information content (AvgIpc) is 3.84. The number of amides is 1. The van der Waals surface area contributed by atoms with E-state index in [2.05, 4.69) is 25.1 Å². The molecule has 46 heavy (non-hydrogen) atoms. The van der Waals surface area contributed by atoms with Crippen molar-refractivity contribution >= 4 is 28.3 Å². The molecule has 12 heteroatoms. The Bertz CT molecular complexity index is 2140. The summed E-state index contributed by atoms with van der Waals surface area (Å²) >= 11 is 0. The summed E-state index contributed by atoms with van der Waals surface area (Å²) in [5.41, 5.74) is 4.57. The van der Waals surface area contributed by atoms with Gasteiger partial charge in [0.1, 0.15) is 28.4 Å². The number of ether oxygens (including phenoxy) is 1. The topological polar surface area (TPSA) is 105 Å². The van der Waals surface area contributed by atoms with E-state index in [1.165, 1.54) is 6.07 Å². The van der Waals surface area contributed by atoms with E-state index in [-0.39, 0.29) is 23.7 Å². The molecule has 4 aromatic heterocycles. The fourth-order valence-corrected chi connectivity index (χ4v) is 6.75. The standard InChI is InChI=1S/C34H30F2N8O2/c1-34(2,3)46-33(45)43-18-21-14-22(43)17-42(21)20-4-5-24(27(36)15-20)28-10-13-38-32-29(23-6-7-26(35)31-25(23)16-39-40-31)30(41-44(28)32)19-8-11-37-12-9-19/h4-13,15-16,21-22H,14,17-18H2,1-3H3,(H,39,40)/t21-,22-/m0/s1. The van der Waals surface area contributed by atoms with Crippen molar-refractivity contribution in [2.24, 2.45) is 0 Å². The second-order valence-electron chi connectivity index (χ2n) is 12.8. The predicted octanol–water partition coefficient (Wildman–Crippen LogP) is 6.48. The molecule has 2 atom stereocenters. The normalized spacial score (nSPS) is 17.8. The van der Waals surface area contributed by atoms with Gasteiger partial charge >= 0.3 is 6.09 Å². The number of piperazine rings is 1. The zero-order chi connectivity index (χ0) is 31.7. The zero-order valence-electron chi connectivity index (χ0n) is 25.4. The predicted molar refractivity (Wildman–Crippen MR) is 169 cm³/mol. The third-order valence-corrected chi connectivity index (χ3v) is 8.74. The number of fused-ring (bicyclic) bond motifs is 4. The summed E-state index contributed by atoms with van der Waals surface area (Å²) in [5, 5.41) is 12.3. The van der Waals surface area contributed by atoms with Gasteiger partial charge in [0.05, 0.1) is 23.5 Å². The molecule has 1 N–H and O–H groups in total. The molecule has 0 saturated carbocycles. The quantitative estimate of drug-likeness (QED) is 0.241. The minimum absolute atomic E-state index is 0.0182. The lowest BCUT2D eigenvalue weighted by molar-refractivity contribution is 0.0214. The fraction of sp³-hybridized carbons (Fsp3) is 0.265. The van der Waals surface area contributed by atoms with Crippen LogP contribution in [0.3, 0.4) is 0 Å². The third-order valence-electron chi connectivity index (χ3n) is 8.74. The summed E-state index contributed by atoms with van der Waals surface area (Å²) < 4.78 is 37.9. The van der Waals surface area contributed by atoms with Gasteiger partial charge in [0.15, 0.2) is 5.65 Å². The smallest absolute Gasteiger partial charge is 0.410 e. The van der Waals surface area contributed by atoms with E-state index in [4.69, 9.17) is 9.84 Å². The molecule has 6 aromatic rings. The van der Waals surface area contributed by atoms with Gasteiger partial charge in [0.2, 0.25) is 0 Å². The summed E-state index contributed by atoms with van der Waals surface area (Å²) in [6, 6.07) is 13.8. The molecule has 2 saturated heterocycles. The number of anilines is 1. The summed E-state index contributed by atoms with van der Waals surface area (Å²) in [6.07, 6.45) is 7.06. The van der Waals surface area contributed by atoms with Crippen molar-refractivity contribution in [3.05, 3.63) is 85.0 Å². The first kappa shape index (κ1) is 28.1. The van der Waals surface area contributed by atoms with E-state index >= 15 is 4.39 Å². The van der Waals surface area contributed by atoms with Crippen molar-refractivity contribution in [3.8, 4) is 33.6 Å². The number of carbonyl (C=O) groups excluding carboxylic acids is 1. The monoisotopic (exact) mass is 620 g/mol. The zero-order valence-corrected chi connectivity index (χ0v) is 25.4. The Morgan fingerprint density at radius 1 is 0.957 bits per heavy atom. The van der Waals surface area contributed by atoms with Crippen LogP contribution in [0.4, 0.5) is 19.3 Å². The van der Waals surface area contributed by atoms with Crippen LogP contribution < -0.4 is 4.90 Å². The second kappa shape index (κ2) is 10.3. The third kappa shape index (κ3) is 4.55. The molecule has 10 nitrogen and oxygen atoms in total. The minimum atomic E-state index is -0.561. The maximum absolute atomic E-state index is 16.1. The molecule has 2 aliphatic rings. The summed E-state index contributed by atoms with van der Waals surface area (Å²) in [5.74, 6) is -0.823. The van der Waals surface area contributed by atoms with Crippen LogP contribution in [0.15, 0.2) is 73.3 Å². The number of nitrogens with zero attached hydrogens (tertiary/aromatic N) is 7. The van der Waals surface area contributed by atoms with E-state index in [1.54, 1.807) is 58.5 Å². The minimum Gasteiger partial charge on any atom is -0.444 e. The Hall–Kier alpha value is -5.39. The first-order chi connectivity index (χ1) is 22.2. The molecule has 0 spiro atoms. The van der Waals surface area contributed by atoms with Gasteiger partial charge in [-0.2, -0.15) is 10.2 Å². The van der Waals surface area contributed by atoms with Gasteiger partial charge in [-0.25, -0.2) is 23.1 Å². The van der Waals surface area contributed by atoms with Crippen molar-refractivity contribution in [1.29, 1.82) is 0 Å². The molecular formula is C34H30F2N8O2.